The Morgan fingerprint density at radius 3 is 1.47 bits per heavy atom. The summed E-state index contributed by atoms with van der Waals surface area (Å²) in [5, 5.41) is 33.4. The van der Waals surface area contributed by atoms with Crippen molar-refractivity contribution in [2.45, 2.75) is 65.8 Å². The van der Waals surface area contributed by atoms with Crippen LogP contribution in [0.1, 0.15) is 54.4 Å². The van der Waals surface area contributed by atoms with Gasteiger partial charge in [0.25, 0.3) is 0 Å². The highest BCUT2D eigenvalue weighted by molar-refractivity contribution is 6.35. The van der Waals surface area contributed by atoms with E-state index in [0.717, 1.165) is 10.0 Å². The molecule has 8 nitrogen and oxygen atoms in total. The minimum absolute atomic E-state index is 0.118. The molecular weight excluding hydrogens is 384 g/mol. The molecule has 6 rings (SSSR count). The fourth-order valence-electron chi connectivity index (χ4n) is 8.02. The fourth-order valence-corrected chi connectivity index (χ4v) is 8.02. The summed E-state index contributed by atoms with van der Waals surface area (Å²) in [5.41, 5.74) is -1.29. The molecule has 162 valence electrons. The van der Waals surface area contributed by atoms with Crippen LogP contribution < -0.4 is 0 Å². The molecule has 0 aromatic carbocycles. The second-order valence-electron chi connectivity index (χ2n) is 11.7. The van der Waals surface area contributed by atoms with Crippen LogP contribution in [0.3, 0.4) is 0 Å². The Bertz CT molecular complexity index is 908. The number of hydrogen-bond donors (Lipinski definition) is 2. The first-order valence-electron chi connectivity index (χ1n) is 11.0. The number of hydrazone groups is 2. The number of aliphatic hydroxyl groups is 2. The standard InChI is InChI=1S/C22H30N4O4/c1-9-13-15-11(19(15,3)4)7-21(13,29)25(23-9)17(27)18(28)26-22(30)8-12-16(20(12,5)6)14(22)10(2)24-26/h11-16,29-30H,7-8H2,1-6H3/t11-,12-,13+,14+,15-,16-,21+,22+/m1/s1. The van der Waals surface area contributed by atoms with Crippen LogP contribution in [0.25, 0.3) is 0 Å². The Labute approximate surface area is 176 Å². The molecule has 0 aromatic heterocycles. The van der Waals surface area contributed by atoms with E-state index in [1.54, 1.807) is 0 Å². The second-order valence-corrected chi connectivity index (χ2v) is 11.7. The van der Waals surface area contributed by atoms with Gasteiger partial charge in [-0.25, -0.2) is 0 Å². The highest BCUT2D eigenvalue weighted by Crippen LogP contribution is 2.74. The first-order chi connectivity index (χ1) is 13.8. The first kappa shape index (κ1) is 18.9. The van der Waals surface area contributed by atoms with Crippen molar-refractivity contribution in [3.63, 3.8) is 0 Å². The van der Waals surface area contributed by atoms with Crippen LogP contribution in [0.5, 0.6) is 0 Å². The monoisotopic (exact) mass is 414 g/mol. The Morgan fingerprint density at radius 1 is 0.800 bits per heavy atom. The maximum Gasteiger partial charge on any atom is 0.336 e. The molecule has 0 saturated heterocycles. The van der Waals surface area contributed by atoms with Gasteiger partial charge in [0.15, 0.2) is 11.4 Å². The van der Waals surface area contributed by atoms with E-state index in [2.05, 4.69) is 37.9 Å². The van der Waals surface area contributed by atoms with E-state index in [0.29, 0.717) is 36.1 Å². The summed E-state index contributed by atoms with van der Waals surface area (Å²) < 4.78 is 0. The summed E-state index contributed by atoms with van der Waals surface area (Å²) >= 11 is 0. The highest BCUT2D eigenvalue weighted by atomic mass is 16.3. The van der Waals surface area contributed by atoms with Crippen molar-refractivity contribution >= 4 is 23.2 Å². The van der Waals surface area contributed by atoms with Gasteiger partial charge >= 0.3 is 11.8 Å². The maximum absolute atomic E-state index is 13.3. The van der Waals surface area contributed by atoms with E-state index in [4.69, 9.17) is 0 Å². The number of carbonyl (C=O) groups is 2. The Hall–Kier alpha value is -1.80. The molecule has 6 aliphatic rings. The Balaban J connectivity index is 1.28. The van der Waals surface area contributed by atoms with Crippen molar-refractivity contribution in [1.29, 1.82) is 0 Å². The van der Waals surface area contributed by atoms with Gasteiger partial charge in [0.2, 0.25) is 0 Å². The molecule has 2 aliphatic heterocycles. The minimum Gasteiger partial charge on any atom is -0.368 e. The minimum atomic E-state index is -1.46. The molecule has 2 heterocycles. The number of fused-ring (bicyclic) bond motifs is 6. The van der Waals surface area contributed by atoms with Crippen LogP contribution in [0.2, 0.25) is 0 Å². The largest absolute Gasteiger partial charge is 0.368 e. The van der Waals surface area contributed by atoms with Gasteiger partial charge in [-0.15, -0.1) is 0 Å². The van der Waals surface area contributed by atoms with Crippen molar-refractivity contribution in [3.8, 4) is 0 Å². The van der Waals surface area contributed by atoms with Gasteiger partial charge < -0.3 is 10.2 Å². The average molecular weight is 415 g/mol. The van der Waals surface area contributed by atoms with Crippen molar-refractivity contribution in [2.75, 3.05) is 0 Å². The smallest absolute Gasteiger partial charge is 0.336 e. The quantitative estimate of drug-likeness (QED) is 0.584. The van der Waals surface area contributed by atoms with E-state index in [-0.39, 0.29) is 34.5 Å². The zero-order chi connectivity index (χ0) is 21.8. The predicted octanol–water partition coefficient (Wildman–Crippen LogP) is 1.38. The van der Waals surface area contributed by atoms with Gasteiger partial charge in [-0.05, 0) is 48.3 Å². The van der Waals surface area contributed by atoms with E-state index in [1.807, 2.05) is 13.8 Å². The third kappa shape index (κ3) is 1.80. The van der Waals surface area contributed by atoms with Crippen molar-refractivity contribution in [1.82, 2.24) is 10.0 Å². The van der Waals surface area contributed by atoms with Gasteiger partial charge in [-0.1, -0.05) is 27.7 Å². The molecule has 0 radical (unpaired) electrons. The van der Waals surface area contributed by atoms with Gasteiger partial charge in [0.1, 0.15) is 0 Å². The van der Waals surface area contributed by atoms with Gasteiger partial charge in [-0.2, -0.15) is 20.2 Å². The summed E-state index contributed by atoms with van der Waals surface area (Å²) in [6, 6.07) is 0. The molecule has 0 spiro atoms. The fraction of sp³-hybridized carbons (Fsp3) is 0.818. The molecule has 30 heavy (non-hydrogen) atoms. The molecular formula is C22H30N4O4. The predicted molar refractivity (Wildman–Crippen MR) is 108 cm³/mol. The van der Waals surface area contributed by atoms with E-state index < -0.39 is 23.3 Å². The van der Waals surface area contributed by atoms with Crippen LogP contribution in [-0.2, 0) is 9.59 Å². The molecule has 0 bridgehead atoms. The van der Waals surface area contributed by atoms with Gasteiger partial charge in [-0.3, -0.25) is 9.59 Å². The van der Waals surface area contributed by atoms with Gasteiger partial charge in [0, 0.05) is 24.3 Å². The number of hydrogen-bond acceptors (Lipinski definition) is 6. The van der Waals surface area contributed by atoms with Crippen molar-refractivity contribution in [2.24, 2.45) is 56.5 Å². The summed E-state index contributed by atoms with van der Waals surface area (Å²) in [4.78, 5) is 26.5. The summed E-state index contributed by atoms with van der Waals surface area (Å²) in [6.45, 7) is 12.3. The molecule has 2 amide bonds. The van der Waals surface area contributed by atoms with Crippen LogP contribution >= 0.6 is 0 Å². The summed E-state index contributed by atoms with van der Waals surface area (Å²) in [6.07, 6.45) is 0.839. The zero-order valence-electron chi connectivity index (χ0n) is 18.4. The second kappa shape index (κ2) is 4.83. The van der Waals surface area contributed by atoms with Crippen LogP contribution in [-0.4, -0.2) is 54.9 Å². The van der Waals surface area contributed by atoms with Crippen molar-refractivity contribution < 1.29 is 19.8 Å². The highest BCUT2D eigenvalue weighted by Gasteiger charge is 2.78. The van der Waals surface area contributed by atoms with Gasteiger partial charge in [0.05, 0.1) is 11.8 Å². The lowest BCUT2D eigenvalue weighted by molar-refractivity contribution is -0.185. The molecule has 8 heteroatoms. The first-order valence-corrected chi connectivity index (χ1v) is 11.0. The Morgan fingerprint density at radius 2 is 1.13 bits per heavy atom. The number of amides is 2. The molecule has 0 unspecified atom stereocenters. The summed E-state index contributed by atoms with van der Waals surface area (Å²) in [7, 11) is 0. The zero-order valence-corrected chi connectivity index (χ0v) is 18.4. The summed E-state index contributed by atoms with van der Waals surface area (Å²) in [5.74, 6) is -1.15. The molecule has 4 fully saturated rings. The Kier molecular flexibility index (Phi) is 3.04. The lowest BCUT2D eigenvalue weighted by Crippen LogP contribution is -2.58. The SMILES string of the molecule is CC1=NN(C(=O)C(=O)N2N=C(C)[C@H]3[C@H]4[C@@H](C[C@]32O)C4(C)C)[C@]2(O)C[C@@H]3[C@H]([C@H]12)C3(C)C. The van der Waals surface area contributed by atoms with E-state index >= 15 is 0 Å². The normalized spacial score (nSPS) is 50.4. The molecule has 2 N–H and O–H groups in total. The van der Waals surface area contributed by atoms with Crippen LogP contribution in [0.4, 0.5) is 0 Å². The molecule has 4 saturated carbocycles. The lowest BCUT2D eigenvalue weighted by atomic mass is 9.84. The molecule has 0 aromatic rings. The topological polar surface area (TPSA) is 106 Å². The number of rotatable bonds is 0. The van der Waals surface area contributed by atoms with E-state index in [1.165, 1.54) is 0 Å². The maximum atomic E-state index is 13.3. The third-order valence-corrected chi connectivity index (χ3v) is 9.75. The molecule has 8 atom stereocenters. The lowest BCUT2D eigenvalue weighted by Gasteiger charge is -2.37. The van der Waals surface area contributed by atoms with Crippen LogP contribution in [0.15, 0.2) is 10.2 Å². The number of carbonyl (C=O) groups excluding carboxylic acids is 2. The molecule has 4 aliphatic carbocycles. The number of nitrogens with zero attached hydrogens (tertiary/aromatic N) is 4. The van der Waals surface area contributed by atoms with Crippen molar-refractivity contribution in [3.05, 3.63) is 0 Å². The van der Waals surface area contributed by atoms with E-state index in [9.17, 15) is 19.8 Å². The third-order valence-electron chi connectivity index (χ3n) is 9.75. The average Bonchev–Trinajstić information content (AvgIpc) is 3.07. The van der Waals surface area contributed by atoms with Crippen LogP contribution in [0, 0.1) is 46.3 Å².